The molecular formula is C28H37FN2O4S. The van der Waals surface area contributed by atoms with Crippen molar-refractivity contribution in [2.75, 3.05) is 65.7 Å². The smallest absolute Gasteiger partial charge is 0.199 e. The molecule has 1 atom stereocenters. The zero-order valence-corrected chi connectivity index (χ0v) is 21.8. The first-order valence-electron chi connectivity index (χ1n) is 13.5. The summed E-state index contributed by atoms with van der Waals surface area (Å²) in [5, 5.41) is 2.19. The minimum absolute atomic E-state index is 0.233. The van der Waals surface area contributed by atoms with Gasteiger partial charge >= 0.3 is 0 Å². The summed E-state index contributed by atoms with van der Waals surface area (Å²) in [4.78, 5) is 6.59. The van der Waals surface area contributed by atoms with Crippen LogP contribution in [-0.2, 0) is 36.9 Å². The van der Waals surface area contributed by atoms with Crippen molar-refractivity contribution in [2.24, 2.45) is 5.92 Å². The topological polar surface area (TPSA) is 43.4 Å². The van der Waals surface area contributed by atoms with Gasteiger partial charge in [0.2, 0.25) is 0 Å². The molecule has 1 aliphatic carbocycles. The first-order chi connectivity index (χ1) is 17.7. The number of thiophene rings is 1. The molecule has 1 spiro atoms. The van der Waals surface area contributed by atoms with Gasteiger partial charge in [0.25, 0.3) is 0 Å². The fourth-order valence-electron chi connectivity index (χ4n) is 6.44. The van der Waals surface area contributed by atoms with Gasteiger partial charge in [0, 0.05) is 54.5 Å². The highest BCUT2D eigenvalue weighted by molar-refractivity contribution is 7.10. The van der Waals surface area contributed by atoms with Crippen LogP contribution < -0.4 is 0 Å². The Kier molecular flexibility index (Phi) is 7.45. The molecule has 1 aromatic carbocycles. The van der Waals surface area contributed by atoms with E-state index in [4.69, 9.17) is 18.9 Å². The largest absolute Gasteiger partial charge is 0.343 e. The van der Waals surface area contributed by atoms with Gasteiger partial charge in [-0.05, 0) is 62.4 Å². The number of rotatable bonds is 8. The van der Waals surface area contributed by atoms with Gasteiger partial charge < -0.3 is 28.7 Å². The van der Waals surface area contributed by atoms with Gasteiger partial charge in [-0.1, -0.05) is 12.1 Å². The lowest BCUT2D eigenvalue weighted by Crippen LogP contribution is -2.48. The predicted octanol–water partition coefficient (Wildman–Crippen LogP) is 4.34. The molecule has 4 heterocycles. The Morgan fingerprint density at radius 1 is 0.861 bits per heavy atom. The van der Waals surface area contributed by atoms with Crippen molar-refractivity contribution in [1.82, 2.24) is 9.80 Å². The van der Waals surface area contributed by atoms with E-state index in [1.54, 1.807) is 12.1 Å². The summed E-state index contributed by atoms with van der Waals surface area (Å²) in [5.74, 6) is -1.03. The maximum atomic E-state index is 13.4. The monoisotopic (exact) mass is 516 g/mol. The number of halogens is 1. The molecule has 2 aromatic rings. The number of benzene rings is 1. The Hall–Kier alpha value is -1.39. The quantitative estimate of drug-likeness (QED) is 0.520. The average Bonchev–Trinajstić information content (AvgIpc) is 3.67. The van der Waals surface area contributed by atoms with E-state index in [0.29, 0.717) is 32.3 Å². The summed E-state index contributed by atoms with van der Waals surface area (Å²) in [6, 6.07) is 8.77. The molecule has 3 saturated heterocycles. The van der Waals surface area contributed by atoms with Gasteiger partial charge in [-0.25, -0.2) is 4.39 Å². The van der Waals surface area contributed by atoms with Crippen molar-refractivity contribution >= 4 is 11.3 Å². The third kappa shape index (κ3) is 4.89. The van der Waals surface area contributed by atoms with Crippen LogP contribution in [0, 0.1) is 11.7 Å². The molecule has 1 aromatic heterocycles. The second kappa shape index (κ2) is 10.8. The Bertz CT molecular complexity index is 995. The highest BCUT2D eigenvalue weighted by Gasteiger charge is 2.49. The van der Waals surface area contributed by atoms with Gasteiger partial charge in [-0.3, -0.25) is 0 Å². The molecule has 1 unspecified atom stereocenters. The summed E-state index contributed by atoms with van der Waals surface area (Å²) >= 11 is 1.84. The van der Waals surface area contributed by atoms with Crippen molar-refractivity contribution in [1.29, 1.82) is 0 Å². The molecule has 0 bridgehead atoms. The van der Waals surface area contributed by atoms with E-state index >= 15 is 0 Å². The molecular weight excluding hydrogens is 479 g/mol. The zero-order valence-electron chi connectivity index (χ0n) is 21.0. The lowest BCUT2D eigenvalue weighted by Gasteiger charge is -2.41. The summed E-state index contributed by atoms with van der Waals surface area (Å²) in [5.41, 5.74) is 2.20. The standard InChI is InChI=1S/C28H37FN2O4S/c29-24-5-2-22(3-6-24)27(32-17-18-33-27)10-1-11-30-13-15-31(16-14-30)12-8-23-4-7-26-25(9-21-36-26)28(23)34-19-20-35-28/h2-3,5-6,9,21,23H,1,4,7-8,10-20H2. The van der Waals surface area contributed by atoms with Gasteiger partial charge in [-0.2, -0.15) is 0 Å². The summed E-state index contributed by atoms with van der Waals surface area (Å²) < 4.78 is 38.0. The average molecular weight is 517 g/mol. The van der Waals surface area contributed by atoms with E-state index in [2.05, 4.69) is 21.2 Å². The lowest BCUT2D eigenvalue weighted by atomic mass is 9.80. The number of ether oxygens (including phenoxy) is 4. The van der Waals surface area contributed by atoms with Crippen molar-refractivity contribution in [3.05, 3.63) is 57.5 Å². The molecule has 3 aliphatic heterocycles. The van der Waals surface area contributed by atoms with Crippen LogP contribution in [0.2, 0.25) is 0 Å². The number of hydrogen-bond acceptors (Lipinski definition) is 7. The maximum Gasteiger partial charge on any atom is 0.199 e. The molecule has 0 saturated carbocycles. The van der Waals surface area contributed by atoms with Crippen LogP contribution in [0.1, 0.15) is 41.7 Å². The summed E-state index contributed by atoms with van der Waals surface area (Å²) in [6.07, 6.45) is 5.18. The number of fused-ring (bicyclic) bond motifs is 2. The zero-order chi connectivity index (χ0) is 24.4. The van der Waals surface area contributed by atoms with E-state index in [1.807, 2.05) is 11.3 Å². The first-order valence-corrected chi connectivity index (χ1v) is 14.4. The first kappa shape index (κ1) is 24.9. The van der Waals surface area contributed by atoms with Crippen LogP contribution in [0.5, 0.6) is 0 Å². The number of piperazine rings is 1. The number of hydrogen-bond donors (Lipinski definition) is 0. The Morgan fingerprint density at radius 3 is 2.25 bits per heavy atom. The number of aryl methyl sites for hydroxylation is 1. The third-order valence-corrected chi connectivity index (χ3v) is 9.35. The van der Waals surface area contributed by atoms with Crippen LogP contribution >= 0.6 is 11.3 Å². The third-order valence-electron chi connectivity index (χ3n) is 8.37. The molecule has 6 rings (SSSR count). The predicted molar refractivity (Wildman–Crippen MR) is 136 cm³/mol. The van der Waals surface area contributed by atoms with Gasteiger partial charge in [0.05, 0.1) is 26.4 Å². The molecule has 4 aliphatic rings. The van der Waals surface area contributed by atoms with Gasteiger partial charge in [0.1, 0.15) is 5.82 Å². The van der Waals surface area contributed by atoms with Crippen LogP contribution in [0.3, 0.4) is 0 Å². The van der Waals surface area contributed by atoms with E-state index in [0.717, 1.165) is 76.9 Å². The molecule has 0 amide bonds. The molecule has 3 fully saturated rings. The summed E-state index contributed by atoms with van der Waals surface area (Å²) in [6.45, 7) is 9.06. The molecule has 0 radical (unpaired) electrons. The Balaban J connectivity index is 0.966. The second-order valence-corrected chi connectivity index (χ2v) is 11.4. The fourth-order valence-corrected chi connectivity index (χ4v) is 7.38. The Labute approximate surface area is 217 Å². The lowest BCUT2D eigenvalue weighted by molar-refractivity contribution is -0.213. The van der Waals surface area contributed by atoms with E-state index in [9.17, 15) is 4.39 Å². The van der Waals surface area contributed by atoms with E-state index < -0.39 is 11.6 Å². The van der Waals surface area contributed by atoms with Crippen molar-refractivity contribution < 1.29 is 23.3 Å². The van der Waals surface area contributed by atoms with E-state index in [1.165, 1.54) is 22.6 Å². The van der Waals surface area contributed by atoms with Crippen LogP contribution in [0.25, 0.3) is 0 Å². The Morgan fingerprint density at radius 2 is 1.53 bits per heavy atom. The van der Waals surface area contributed by atoms with Gasteiger partial charge in [-0.15, -0.1) is 11.3 Å². The fraction of sp³-hybridized carbons (Fsp3) is 0.643. The minimum atomic E-state index is -0.724. The van der Waals surface area contributed by atoms with Gasteiger partial charge in [0.15, 0.2) is 11.6 Å². The second-order valence-electron chi connectivity index (χ2n) is 10.4. The van der Waals surface area contributed by atoms with Crippen LogP contribution in [-0.4, -0.2) is 75.5 Å². The van der Waals surface area contributed by atoms with Crippen molar-refractivity contribution in [2.45, 2.75) is 43.7 Å². The van der Waals surface area contributed by atoms with Crippen molar-refractivity contribution in [3.63, 3.8) is 0 Å². The summed E-state index contributed by atoms with van der Waals surface area (Å²) in [7, 11) is 0. The molecule has 0 N–H and O–H groups in total. The maximum absolute atomic E-state index is 13.4. The van der Waals surface area contributed by atoms with Crippen molar-refractivity contribution in [3.8, 4) is 0 Å². The number of nitrogens with zero attached hydrogens (tertiary/aromatic N) is 2. The van der Waals surface area contributed by atoms with Crippen LogP contribution in [0.15, 0.2) is 35.7 Å². The highest BCUT2D eigenvalue weighted by atomic mass is 32.1. The SMILES string of the molecule is Fc1ccc(C2(CCCN3CCN(CCC4CCc5sccc5C45OCCO5)CC3)OCCO2)cc1. The highest BCUT2D eigenvalue weighted by Crippen LogP contribution is 2.49. The van der Waals surface area contributed by atoms with E-state index in [-0.39, 0.29) is 5.82 Å². The minimum Gasteiger partial charge on any atom is -0.343 e. The normalized spacial score (nSPS) is 26.0. The molecule has 6 nitrogen and oxygen atoms in total. The van der Waals surface area contributed by atoms with Crippen LogP contribution in [0.4, 0.5) is 4.39 Å². The molecule has 8 heteroatoms. The molecule has 36 heavy (non-hydrogen) atoms. The molecule has 196 valence electrons.